The molecule has 1 fully saturated rings. The fourth-order valence-corrected chi connectivity index (χ4v) is 3.86. The van der Waals surface area contributed by atoms with E-state index in [1.807, 2.05) is 23.1 Å². The molecule has 1 aliphatic heterocycles. The number of hydrogen-bond donors (Lipinski definition) is 0. The van der Waals surface area contributed by atoms with Crippen LogP contribution in [0.25, 0.3) is 0 Å². The van der Waals surface area contributed by atoms with Gasteiger partial charge in [0.1, 0.15) is 0 Å². The molecule has 1 aliphatic carbocycles. The monoisotopic (exact) mass is 322 g/mol. The van der Waals surface area contributed by atoms with Gasteiger partial charge in [0.2, 0.25) is 5.91 Å². The first kappa shape index (κ1) is 15.1. The van der Waals surface area contributed by atoms with Crippen molar-refractivity contribution in [3.63, 3.8) is 0 Å². The third-order valence-electron chi connectivity index (χ3n) is 5.12. The summed E-state index contributed by atoms with van der Waals surface area (Å²) >= 11 is 0. The van der Waals surface area contributed by atoms with E-state index in [9.17, 15) is 4.79 Å². The van der Waals surface area contributed by atoms with E-state index in [0.29, 0.717) is 5.91 Å². The van der Waals surface area contributed by atoms with Crippen LogP contribution < -0.4 is 4.90 Å². The number of fused-ring (bicyclic) bond motifs is 1. The van der Waals surface area contributed by atoms with E-state index < -0.39 is 0 Å². The Hall–Kier alpha value is -2.43. The lowest BCUT2D eigenvalue weighted by Crippen LogP contribution is -2.38. The molecule has 2 aliphatic rings. The van der Waals surface area contributed by atoms with Crippen molar-refractivity contribution >= 4 is 11.7 Å². The third kappa shape index (κ3) is 2.86. The molecule has 0 spiro atoms. The van der Waals surface area contributed by atoms with Gasteiger partial charge in [0.05, 0.1) is 5.92 Å². The quantitative estimate of drug-likeness (QED) is 0.851. The number of rotatable bonds is 2. The van der Waals surface area contributed by atoms with E-state index in [2.05, 4.69) is 33.3 Å². The molecule has 124 valence electrons. The summed E-state index contributed by atoms with van der Waals surface area (Å²) < 4.78 is 0. The van der Waals surface area contributed by atoms with E-state index in [0.717, 1.165) is 51.3 Å². The molecule has 2 heterocycles. The van der Waals surface area contributed by atoms with Crippen LogP contribution in [0, 0.1) is 0 Å². The van der Waals surface area contributed by atoms with Crippen LogP contribution >= 0.6 is 0 Å². The summed E-state index contributed by atoms with van der Waals surface area (Å²) in [5.41, 5.74) is 2.57. The Morgan fingerprint density at radius 3 is 2.83 bits per heavy atom. The molecule has 0 unspecified atom stereocenters. The maximum atomic E-state index is 13.0. The highest BCUT2D eigenvalue weighted by atomic mass is 16.2. The molecule has 1 aromatic heterocycles. The lowest BCUT2D eigenvalue weighted by Gasteiger charge is -2.25. The fraction of sp³-hybridized carbons (Fsp3) is 0.421. The molecule has 1 aromatic carbocycles. The number of amides is 1. The Labute approximate surface area is 142 Å². The van der Waals surface area contributed by atoms with E-state index in [4.69, 9.17) is 0 Å². The number of carbonyl (C=O) groups is 1. The Balaban J connectivity index is 1.45. The summed E-state index contributed by atoms with van der Waals surface area (Å²) in [6.07, 6.45) is 4.63. The number of hydrogen-bond acceptors (Lipinski definition) is 4. The van der Waals surface area contributed by atoms with Gasteiger partial charge < -0.3 is 9.80 Å². The molecule has 2 aromatic rings. The largest absolute Gasteiger partial charge is 0.353 e. The number of anilines is 1. The molecule has 5 heteroatoms. The first-order chi connectivity index (χ1) is 11.8. The van der Waals surface area contributed by atoms with Crippen LogP contribution in [0.15, 0.2) is 42.6 Å². The molecule has 1 amide bonds. The van der Waals surface area contributed by atoms with Crippen LogP contribution in [0.2, 0.25) is 0 Å². The molecule has 0 bridgehead atoms. The maximum absolute atomic E-state index is 13.0. The zero-order valence-electron chi connectivity index (χ0n) is 13.8. The van der Waals surface area contributed by atoms with Crippen molar-refractivity contribution in [3.05, 3.63) is 53.7 Å². The van der Waals surface area contributed by atoms with Crippen molar-refractivity contribution in [2.75, 3.05) is 31.1 Å². The highest BCUT2D eigenvalue weighted by Gasteiger charge is 2.32. The van der Waals surface area contributed by atoms with Crippen LogP contribution in [-0.4, -0.2) is 47.2 Å². The van der Waals surface area contributed by atoms with Gasteiger partial charge in [-0.25, -0.2) is 0 Å². The van der Waals surface area contributed by atoms with Gasteiger partial charge in [0.15, 0.2) is 5.82 Å². The number of aromatic nitrogens is 2. The fourth-order valence-electron chi connectivity index (χ4n) is 3.86. The van der Waals surface area contributed by atoms with Gasteiger partial charge in [-0.3, -0.25) is 4.79 Å². The van der Waals surface area contributed by atoms with Crippen molar-refractivity contribution in [2.24, 2.45) is 0 Å². The third-order valence-corrected chi connectivity index (χ3v) is 5.12. The van der Waals surface area contributed by atoms with Gasteiger partial charge in [0, 0.05) is 32.4 Å². The van der Waals surface area contributed by atoms with Gasteiger partial charge in [-0.2, -0.15) is 5.10 Å². The smallest absolute Gasteiger partial charge is 0.230 e. The van der Waals surface area contributed by atoms with E-state index in [1.54, 1.807) is 6.20 Å². The van der Waals surface area contributed by atoms with Crippen molar-refractivity contribution in [1.82, 2.24) is 15.1 Å². The lowest BCUT2D eigenvalue weighted by atomic mass is 10.00. The maximum Gasteiger partial charge on any atom is 0.230 e. The van der Waals surface area contributed by atoms with Crippen molar-refractivity contribution in [3.8, 4) is 0 Å². The molecule has 1 saturated heterocycles. The van der Waals surface area contributed by atoms with Gasteiger partial charge in [-0.15, -0.1) is 5.10 Å². The molecular weight excluding hydrogens is 300 g/mol. The van der Waals surface area contributed by atoms with Gasteiger partial charge in [-0.1, -0.05) is 24.3 Å². The first-order valence-electron chi connectivity index (χ1n) is 8.72. The Bertz CT molecular complexity index is 718. The molecule has 24 heavy (non-hydrogen) atoms. The van der Waals surface area contributed by atoms with E-state index in [-0.39, 0.29) is 5.92 Å². The van der Waals surface area contributed by atoms with Crippen molar-refractivity contribution < 1.29 is 4.79 Å². The second kappa shape index (κ2) is 6.59. The summed E-state index contributed by atoms with van der Waals surface area (Å²) in [6.45, 7) is 3.32. The van der Waals surface area contributed by atoms with Gasteiger partial charge in [0.25, 0.3) is 0 Å². The average molecular weight is 322 g/mol. The average Bonchev–Trinajstić information content (AvgIpc) is 2.91. The number of benzene rings is 1. The van der Waals surface area contributed by atoms with Crippen LogP contribution in [0.5, 0.6) is 0 Å². The first-order valence-corrected chi connectivity index (χ1v) is 8.72. The van der Waals surface area contributed by atoms with Crippen molar-refractivity contribution in [2.45, 2.75) is 25.2 Å². The SMILES string of the molecule is O=C([C@@H]1CCc2ccccc21)N1CCCN(c2cccnn2)CC1. The summed E-state index contributed by atoms with van der Waals surface area (Å²) in [6, 6.07) is 12.3. The molecule has 4 rings (SSSR count). The lowest BCUT2D eigenvalue weighted by molar-refractivity contribution is -0.132. The minimum atomic E-state index is 0.0456. The van der Waals surface area contributed by atoms with Crippen molar-refractivity contribution in [1.29, 1.82) is 0 Å². The van der Waals surface area contributed by atoms with Crippen LogP contribution in [0.3, 0.4) is 0 Å². The normalized spacial score (nSPS) is 20.6. The predicted octanol–water partition coefficient (Wildman–Crippen LogP) is 2.25. The standard InChI is InChI=1S/C19H22N4O/c24-19(17-9-8-15-5-1-2-6-16(15)17)23-12-4-11-22(13-14-23)18-7-3-10-20-21-18/h1-3,5-7,10,17H,4,8-9,11-14H2/t17-/m1/s1. The highest BCUT2D eigenvalue weighted by Crippen LogP contribution is 2.34. The number of aryl methyl sites for hydroxylation is 1. The van der Waals surface area contributed by atoms with E-state index >= 15 is 0 Å². The second-order valence-electron chi connectivity index (χ2n) is 6.54. The summed E-state index contributed by atoms with van der Waals surface area (Å²) in [5.74, 6) is 1.24. The van der Waals surface area contributed by atoms with Crippen LogP contribution in [0.4, 0.5) is 5.82 Å². The molecule has 5 nitrogen and oxygen atoms in total. The summed E-state index contributed by atoms with van der Waals surface area (Å²) in [7, 11) is 0. The zero-order valence-corrected chi connectivity index (χ0v) is 13.8. The van der Waals surface area contributed by atoms with Crippen LogP contribution in [0.1, 0.15) is 29.9 Å². The zero-order chi connectivity index (χ0) is 16.4. The Kier molecular flexibility index (Phi) is 4.15. The second-order valence-corrected chi connectivity index (χ2v) is 6.54. The minimum absolute atomic E-state index is 0.0456. The summed E-state index contributed by atoms with van der Waals surface area (Å²) in [4.78, 5) is 17.3. The summed E-state index contributed by atoms with van der Waals surface area (Å²) in [5, 5.41) is 8.15. The molecule has 0 saturated carbocycles. The molecular formula is C19H22N4O. The van der Waals surface area contributed by atoms with E-state index in [1.165, 1.54) is 11.1 Å². The Morgan fingerprint density at radius 2 is 1.96 bits per heavy atom. The molecule has 0 N–H and O–H groups in total. The van der Waals surface area contributed by atoms with Gasteiger partial charge in [-0.05, 0) is 42.5 Å². The predicted molar refractivity (Wildman–Crippen MR) is 92.9 cm³/mol. The van der Waals surface area contributed by atoms with Crippen LogP contribution in [-0.2, 0) is 11.2 Å². The van der Waals surface area contributed by atoms with Gasteiger partial charge >= 0.3 is 0 Å². The topological polar surface area (TPSA) is 49.3 Å². The highest BCUT2D eigenvalue weighted by molar-refractivity contribution is 5.85. The number of nitrogens with zero attached hydrogens (tertiary/aromatic N) is 4. The molecule has 0 radical (unpaired) electrons. The number of carbonyl (C=O) groups excluding carboxylic acids is 1. The molecule has 1 atom stereocenters. The minimum Gasteiger partial charge on any atom is -0.353 e. The Morgan fingerprint density at radius 1 is 1.04 bits per heavy atom.